The van der Waals surface area contributed by atoms with Crippen molar-refractivity contribution in [2.75, 3.05) is 26.2 Å². The van der Waals surface area contributed by atoms with E-state index in [1.54, 1.807) is 0 Å². The normalized spacial score (nSPS) is 34.0. The van der Waals surface area contributed by atoms with Gasteiger partial charge >= 0.3 is 0 Å². The zero-order valence-electron chi connectivity index (χ0n) is 15.6. The van der Waals surface area contributed by atoms with Gasteiger partial charge < -0.3 is 14.2 Å². The molecule has 2 aliphatic carbocycles. The third-order valence-corrected chi connectivity index (χ3v) is 10.1. The quantitative estimate of drug-likeness (QED) is 0.414. The molecule has 0 aromatic heterocycles. The molecule has 4 atom stereocenters. The summed E-state index contributed by atoms with van der Waals surface area (Å²) in [7, 11) is 4.24. The Kier molecular flexibility index (Phi) is 5.14. The summed E-state index contributed by atoms with van der Waals surface area (Å²) in [6, 6.07) is 2.90. The number of halogens is 6. The van der Waals surface area contributed by atoms with Crippen LogP contribution in [0.4, 0.5) is 5.69 Å². The second kappa shape index (κ2) is 6.87. The van der Waals surface area contributed by atoms with Crippen LogP contribution in [0.5, 0.6) is 17.2 Å². The molecule has 162 valence electrons. The molecule has 0 radical (unpaired) electrons. The highest BCUT2D eigenvalue weighted by Gasteiger charge is 2.87. The van der Waals surface area contributed by atoms with Gasteiger partial charge in [-0.1, -0.05) is 46.4 Å². The van der Waals surface area contributed by atoms with Crippen molar-refractivity contribution in [3.05, 3.63) is 22.2 Å². The first-order valence-corrected chi connectivity index (χ1v) is 10.7. The van der Waals surface area contributed by atoms with Gasteiger partial charge in [-0.25, -0.2) is 4.90 Å². The van der Waals surface area contributed by atoms with E-state index in [2.05, 4.69) is 0 Å². The average Bonchev–Trinajstić information content (AvgIpc) is 3.10. The molecule has 0 spiro atoms. The van der Waals surface area contributed by atoms with Crippen LogP contribution in [-0.4, -0.2) is 47.2 Å². The summed E-state index contributed by atoms with van der Waals surface area (Å²) in [6.45, 7) is 0. The number of allylic oxidation sites excluding steroid dienone is 2. The smallest absolute Gasteiger partial charge is 0.240 e. The predicted molar refractivity (Wildman–Crippen MR) is 116 cm³/mol. The summed E-state index contributed by atoms with van der Waals surface area (Å²) in [5.74, 6) is -3.03. The number of fused-ring (bicyclic) bond motifs is 5. The largest absolute Gasteiger partial charge is 0.493 e. The van der Waals surface area contributed by atoms with Crippen molar-refractivity contribution in [3.63, 3.8) is 0 Å². The van der Waals surface area contributed by atoms with Crippen molar-refractivity contribution < 1.29 is 23.8 Å². The van der Waals surface area contributed by atoms with Gasteiger partial charge in [0.2, 0.25) is 17.6 Å². The molecule has 1 aliphatic heterocycles. The third kappa shape index (κ3) is 2.25. The van der Waals surface area contributed by atoms with E-state index in [9.17, 15) is 9.59 Å². The summed E-state index contributed by atoms with van der Waals surface area (Å²) < 4.78 is 13.9. The van der Waals surface area contributed by atoms with E-state index in [4.69, 9.17) is 83.8 Å². The lowest BCUT2D eigenvalue weighted by molar-refractivity contribution is -0.123. The summed E-state index contributed by atoms with van der Waals surface area (Å²) in [5.41, 5.74) is 0.163. The van der Waals surface area contributed by atoms with Crippen molar-refractivity contribution in [1.29, 1.82) is 0 Å². The van der Waals surface area contributed by atoms with E-state index >= 15 is 0 Å². The van der Waals surface area contributed by atoms with E-state index in [-0.39, 0.29) is 27.3 Å². The van der Waals surface area contributed by atoms with Crippen molar-refractivity contribution >= 4 is 87.1 Å². The maximum atomic E-state index is 13.4. The Morgan fingerprint density at radius 1 is 0.800 bits per heavy atom. The molecule has 1 aromatic carbocycles. The zero-order valence-corrected chi connectivity index (χ0v) is 20.1. The van der Waals surface area contributed by atoms with Gasteiger partial charge in [0.25, 0.3) is 0 Å². The number of methoxy groups -OCH3 is 3. The van der Waals surface area contributed by atoms with E-state index < -0.39 is 37.7 Å². The Bertz CT molecular complexity index is 957. The fraction of sp³-hybridized carbons (Fsp3) is 0.444. The number of alkyl halides is 4. The van der Waals surface area contributed by atoms with Crippen molar-refractivity contribution in [2.24, 2.45) is 11.8 Å². The Morgan fingerprint density at radius 2 is 1.20 bits per heavy atom. The number of anilines is 1. The molecule has 3 aliphatic rings. The van der Waals surface area contributed by atoms with Gasteiger partial charge in [0, 0.05) is 12.1 Å². The molecule has 1 heterocycles. The second-order valence-corrected chi connectivity index (χ2v) is 10.3. The van der Waals surface area contributed by atoms with Crippen LogP contribution in [-0.2, 0) is 9.59 Å². The lowest BCUT2D eigenvalue weighted by atomic mass is 9.84. The SMILES string of the molecule is COc1cc(N2C(=O)C3C(C2=O)[C@@]2(Cl)C(Cl)=C(Cl)[C@]3(Cl)C2(Cl)Cl)cc(OC)c1OC. The van der Waals surface area contributed by atoms with Crippen LogP contribution in [0.2, 0.25) is 0 Å². The zero-order chi connectivity index (χ0) is 22.4. The van der Waals surface area contributed by atoms with E-state index in [1.165, 1.54) is 33.5 Å². The molecule has 1 saturated carbocycles. The molecule has 6 nitrogen and oxygen atoms in total. The van der Waals surface area contributed by atoms with Crippen LogP contribution >= 0.6 is 69.6 Å². The summed E-state index contributed by atoms with van der Waals surface area (Å²) in [4.78, 5) is 24.1. The van der Waals surface area contributed by atoms with Crippen LogP contribution < -0.4 is 19.1 Å². The molecular weight excluding hydrogens is 523 g/mol. The minimum atomic E-state index is -1.99. The number of hydrogen-bond acceptors (Lipinski definition) is 5. The highest BCUT2D eigenvalue weighted by atomic mass is 35.5. The standard InChI is InChI=1S/C18H13Cl6NO5/c1-28-7-4-6(5-8(29-2)11(7)30-3)25-14(26)9-10(15(25)27)17(22)13(20)12(19)16(9,21)18(17,23)24/h4-5,9-10H,1-3H3/t9?,10?,16-,17+. The van der Waals surface area contributed by atoms with Gasteiger partial charge in [-0.2, -0.15) is 0 Å². The number of hydrogen-bond donors (Lipinski definition) is 0. The Morgan fingerprint density at radius 3 is 1.53 bits per heavy atom. The van der Waals surface area contributed by atoms with E-state index in [0.717, 1.165) is 4.90 Å². The van der Waals surface area contributed by atoms with Gasteiger partial charge in [-0.15, -0.1) is 23.2 Å². The number of benzene rings is 1. The topological polar surface area (TPSA) is 65.1 Å². The third-order valence-electron chi connectivity index (χ3n) is 5.82. The van der Waals surface area contributed by atoms with E-state index in [1.807, 2.05) is 0 Å². The predicted octanol–water partition coefficient (Wildman–Crippen LogP) is 4.66. The maximum absolute atomic E-state index is 13.4. The number of ether oxygens (including phenoxy) is 3. The first kappa shape index (κ1) is 22.4. The molecule has 4 rings (SSSR count). The highest BCUT2D eigenvalue weighted by molar-refractivity contribution is 6.67. The van der Waals surface area contributed by atoms with Crippen LogP contribution in [0.25, 0.3) is 0 Å². The monoisotopic (exact) mass is 533 g/mol. The first-order chi connectivity index (χ1) is 13.9. The van der Waals surface area contributed by atoms with Gasteiger partial charge in [0.05, 0.1) is 48.9 Å². The molecule has 2 fully saturated rings. The Hall–Kier alpha value is -0.760. The molecular formula is C18H13Cl6NO5. The molecule has 1 saturated heterocycles. The lowest BCUT2D eigenvalue weighted by Gasteiger charge is -2.34. The lowest BCUT2D eigenvalue weighted by Crippen LogP contribution is -2.50. The number of carbonyl (C=O) groups excluding carboxylic acids is 2. The van der Waals surface area contributed by atoms with Crippen molar-refractivity contribution in [1.82, 2.24) is 0 Å². The molecule has 2 bridgehead atoms. The molecule has 2 amide bonds. The van der Waals surface area contributed by atoms with Crippen molar-refractivity contribution in [3.8, 4) is 17.2 Å². The molecule has 1 aromatic rings. The van der Waals surface area contributed by atoms with Crippen LogP contribution in [0.3, 0.4) is 0 Å². The van der Waals surface area contributed by atoms with Gasteiger partial charge in [-0.05, 0) is 0 Å². The van der Waals surface area contributed by atoms with Crippen LogP contribution in [0.15, 0.2) is 22.2 Å². The Labute approximate surface area is 201 Å². The van der Waals surface area contributed by atoms with Gasteiger partial charge in [-0.3, -0.25) is 9.59 Å². The number of imide groups is 1. The van der Waals surface area contributed by atoms with Gasteiger partial charge in [0.1, 0.15) is 9.75 Å². The summed E-state index contributed by atoms with van der Waals surface area (Å²) in [6.07, 6.45) is 0. The minimum Gasteiger partial charge on any atom is -0.493 e. The van der Waals surface area contributed by atoms with Crippen molar-refractivity contribution in [2.45, 2.75) is 14.1 Å². The maximum Gasteiger partial charge on any atom is 0.240 e. The molecule has 12 heteroatoms. The average molecular weight is 536 g/mol. The highest BCUT2D eigenvalue weighted by Crippen LogP contribution is 2.77. The number of rotatable bonds is 4. The fourth-order valence-electron chi connectivity index (χ4n) is 4.45. The Balaban J connectivity index is 1.89. The van der Waals surface area contributed by atoms with Crippen LogP contribution in [0, 0.1) is 11.8 Å². The summed E-state index contributed by atoms with van der Waals surface area (Å²) in [5, 5.41) is -0.306. The van der Waals surface area contributed by atoms with Crippen LogP contribution in [0.1, 0.15) is 0 Å². The van der Waals surface area contributed by atoms with Gasteiger partial charge in [0.15, 0.2) is 15.8 Å². The minimum absolute atomic E-state index is 0.153. The number of nitrogens with zero attached hydrogens (tertiary/aromatic N) is 1. The second-order valence-electron chi connectivity index (χ2n) is 6.98. The molecule has 2 unspecified atom stereocenters. The summed E-state index contributed by atoms with van der Waals surface area (Å²) >= 11 is 39.0. The number of amides is 2. The first-order valence-electron chi connectivity index (χ1n) is 8.44. The number of carbonyl (C=O) groups is 2. The fourth-order valence-corrected chi connectivity index (χ4v) is 7.37. The van der Waals surface area contributed by atoms with E-state index in [0.29, 0.717) is 5.75 Å². The molecule has 30 heavy (non-hydrogen) atoms. The molecule has 0 N–H and O–H groups in total.